The fourth-order valence-corrected chi connectivity index (χ4v) is 1.38. The molecule has 14 heavy (non-hydrogen) atoms. The van der Waals surface area contributed by atoms with Gasteiger partial charge in [-0.15, -0.1) is 0 Å². The van der Waals surface area contributed by atoms with Crippen LogP contribution in [0.1, 0.15) is 40.5 Å². The molecule has 0 aromatic rings. The highest BCUT2D eigenvalue weighted by Gasteiger charge is 2.18. The van der Waals surface area contributed by atoms with Crippen molar-refractivity contribution in [1.82, 2.24) is 0 Å². The van der Waals surface area contributed by atoms with E-state index in [1.807, 2.05) is 39.8 Å². The zero-order valence-electron chi connectivity index (χ0n) is 9.62. The molecule has 2 heteroatoms. The lowest BCUT2D eigenvalue weighted by Crippen LogP contribution is -2.28. The topological polar surface area (TPSA) is 40.5 Å². The minimum atomic E-state index is -0.766. The Kier molecular flexibility index (Phi) is 6.50. The molecular formula is C12H22O2. The van der Waals surface area contributed by atoms with Crippen molar-refractivity contribution in [3.05, 3.63) is 23.3 Å². The van der Waals surface area contributed by atoms with Crippen LogP contribution in [0, 0.1) is 0 Å². The van der Waals surface area contributed by atoms with Crippen LogP contribution in [-0.2, 0) is 0 Å². The second kappa shape index (κ2) is 6.80. The van der Waals surface area contributed by atoms with Crippen LogP contribution in [0.4, 0.5) is 0 Å². The number of aliphatic hydroxyl groups excluding tert-OH is 2. The fourth-order valence-electron chi connectivity index (χ4n) is 1.38. The Hall–Kier alpha value is -0.600. The first-order valence-electron chi connectivity index (χ1n) is 5.24. The second-order valence-electron chi connectivity index (χ2n) is 3.60. The first-order valence-corrected chi connectivity index (χ1v) is 5.24. The Morgan fingerprint density at radius 1 is 0.929 bits per heavy atom. The molecule has 0 saturated carbocycles. The largest absolute Gasteiger partial charge is 0.386 e. The zero-order valence-corrected chi connectivity index (χ0v) is 9.62. The van der Waals surface area contributed by atoms with E-state index in [0.717, 1.165) is 24.0 Å². The number of hydrogen-bond donors (Lipinski definition) is 2. The van der Waals surface area contributed by atoms with Crippen LogP contribution in [-0.4, -0.2) is 22.4 Å². The lowest BCUT2D eigenvalue weighted by Gasteiger charge is -2.19. The minimum absolute atomic E-state index is 0.766. The molecule has 0 heterocycles. The van der Waals surface area contributed by atoms with E-state index < -0.39 is 12.2 Å². The van der Waals surface area contributed by atoms with Crippen molar-refractivity contribution in [2.75, 3.05) is 0 Å². The van der Waals surface area contributed by atoms with Gasteiger partial charge >= 0.3 is 0 Å². The molecule has 0 radical (unpaired) electrons. The standard InChI is InChI=1S/C12H22O2/c1-5-7-9(3)11(13)12(14)10(4)8-6-2/h7-8,11-14H,5-6H2,1-4H3/b9-7+,10-8+/t11-,12+. The van der Waals surface area contributed by atoms with Gasteiger partial charge in [-0.2, -0.15) is 0 Å². The van der Waals surface area contributed by atoms with E-state index in [1.54, 1.807) is 0 Å². The summed E-state index contributed by atoms with van der Waals surface area (Å²) in [4.78, 5) is 0. The summed E-state index contributed by atoms with van der Waals surface area (Å²) in [5, 5.41) is 19.5. The van der Waals surface area contributed by atoms with E-state index in [0.29, 0.717) is 0 Å². The molecule has 0 spiro atoms. The molecule has 0 unspecified atom stereocenters. The van der Waals surface area contributed by atoms with Crippen LogP contribution in [0.25, 0.3) is 0 Å². The molecule has 0 aliphatic carbocycles. The van der Waals surface area contributed by atoms with Crippen LogP contribution in [0.2, 0.25) is 0 Å². The maximum absolute atomic E-state index is 9.76. The van der Waals surface area contributed by atoms with Gasteiger partial charge in [0.2, 0.25) is 0 Å². The Morgan fingerprint density at radius 2 is 1.21 bits per heavy atom. The van der Waals surface area contributed by atoms with Crippen molar-refractivity contribution >= 4 is 0 Å². The smallest absolute Gasteiger partial charge is 0.104 e. The van der Waals surface area contributed by atoms with Crippen molar-refractivity contribution in [1.29, 1.82) is 0 Å². The molecule has 0 aliphatic rings. The van der Waals surface area contributed by atoms with Crippen molar-refractivity contribution in [2.45, 2.75) is 52.7 Å². The molecule has 82 valence electrons. The van der Waals surface area contributed by atoms with Crippen molar-refractivity contribution in [3.63, 3.8) is 0 Å². The molecule has 0 bridgehead atoms. The van der Waals surface area contributed by atoms with E-state index in [-0.39, 0.29) is 0 Å². The minimum Gasteiger partial charge on any atom is -0.386 e. The SMILES string of the molecule is CC/C=C(\C)[C@@H](O)[C@@H](O)/C(C)=C/CC. The molecule has 2 N–H and O–H groups in total. The third-order valence-corrected chi connectivity index (χ3v) is 2.28. The van der Waals surface area contributed by atoms with Crippen LogP contribution >= 0.6 is 0 Å². The summed E-state index contributed by atoms with van der Waals surface area (Å²) >= 11 is 0. The normalized spacial score (nSPS) is 18.1. The highest BCUT2D eigenvalue weighted by Crippen LogP contribution is 2.14. The summed E-state index contributed by atoms with van der Waals surface area (Å²) in [5.41, 5.74) is 1.67. The average Bonchev–Trinajstić information content (AvgIpc) is 2.16. The van der Waals surface area contributed by atoms with Crippen molar-refractivity contribution in [2.24, 2.45) is 0 Å². The molecule has 2 nitrogen and oxygen atoms in total. The average molecular weight is 198 g/mol. The van der Waals surface area contributed by atoms with Crippen LogP contribution < -0.4 is 0 Å². The van der Waals surface area contributed by atoms with Gasteiger partial charge in [0.1, 0.15) is 12.2 Å². The number of allylic oxidation sites excluding steroid dienone is 2. The van der Waals surface area contributed by atoms with Gasteiger partial charge in [0.25, 0.3) is 0 Å². The van der Waals surface area contributed by atoms with Crippen LogP contribution in [0.5, 0.6) is 0 Å². The first-order chi connectivity index (χ1) is 6.54. The van der Waals surface area contributed by atoms with Gasteiger partial charge in [0, 0.05) is 0 Å². The number of hydrogen-bond acceptors (Lipinski definition) is 2. The maximum Gasteiger partial charge on any atom is 0.104 e. The lowest BCUT2D eigenvalue weighted by molar-refractivity contribution is 0.0654. The summed E-state index contributed by atoms with van der Waals surface area (Å²) < 4.78 is 0. The summed E-state index contributed by atoms with van der Waals surface area (Å²) in [6, 6.07) is 0. The van der Waals surface area contributed by atoms with E-state index in [2.05, 4.69) is 0 Å². The van der Waals surface area contributed by atoms with Gasteiger partial charge in [0.05, 0.1) is 0 Å². The predicted molar refractivity (Wildman–Crippen MR) is 60.1 cm³/mol. The Morgan fingerprint density at radius 3 is 1.43 bits per heavy atom. The number of aliphatic hydroxyl groups is 2. The lowest BCUT2D eigenvalue weighted by atomic mass is 9.99. The highest BCUT2D eigenvalue weighted by molar-refractivity contribution is 5.16. The predicted octanol–water partition coefficient (Wildman–Crippen LogP) is 2.42. The molecule has 0 fully saturated rings. The maximum atomic E-state index is 9.76. The van der Waals surface area contributed by atoms with Gasteiger partial charge in [-0.25, -0.2) is 0 Å². The van der Waals surface area contributed by atoms with Crippen LogP contribution in [0.15, 0.2) is 23.3 Å². The van der Waals surface area contributed by atoms with Gasteiger partial charge in [0.15, 0.2) is 0 Å². The van der Waals surface area contributed by atoms with Gasteiger partial charge in [-0.05, 0) is 37.8 Å². The molecule has 2 atom stereocenters. The summed E-state index contributed by atoms with van der Waals surface area (Å²) in [5.74, 6) is 0. The van der Waals surface area contributed by atoms with E-state index in [9.17, 15) is 10.2 Å². The fraction of sp³-hybridized carbons (Fsp3) is 0.667. The number of rotatable bonds is 5. The van der Waals surface area contributed by atoms with Crippen molar-refractivity contribution in [3.8, 4) is 0 Å². The summed E-state index contributed by atoms with van der Waals surface area (Å²) in [7, 11) is 0. The molecule has 0 aliphatic heterocycles. The summed E-state index contributed by atoms with van der Waals surface area (Å²) in [6.45, 7) is 7.71. The van der Waals surface area contributed by atoms with Crippen LogP contribution in [0.3, 0.4) is 0 Å². The molecule has 0 saturated heterocycles. The molecular weight excluding hydrogens is 176 g/mol. The first kappa shape index (κ1) is 13.4. The third-order valence-electron chi connectivity index (χ3n) is 2.28. The zero-order chi connectivity index (χ0) is 11.1. The second-order valence-corrected chi connectivity index (χ2v) is 3.60. The third kappa shape index (κ3) is 4.07. The quantitative estimate of drug-likeness (QED) is 0.666. The molecule has 0 aromatic carbocycles. The molecule has 0 amide bonds. The van der Waals surface area contributed by atoms with E-state index >= 15 is 0 Å². The molecule has 0 rings (SSSR count). The monoisotopic (exact) mass is 198 g/mol. The molecule has 0 aromatic heterocycles. The summed E-state index contributed by atoms with van der Waals surface area (Å²) in [6.07, 6.45) is 4.11. The Balaban J connectivity index is 4.45. The Bertz CT molecular complexity index is 192. The van der Waals surface area contributed by atoms with Gasteiger partial charge in [-0.1, -0.05) is 26.0 Å². The highest BCUT2D eigenvalue weighted by atomic mass is 16.3. The van der Waals surface area contributed by atoms with Gasteiger partial charge < -0.3 is 10.2 Å². The van der Waals surface area contributed by atoms with E-state index in [4.69, 9.17) is 0 Å². The Labute approximate surface area is 87.0 Å². The van der Waals surface area contributed by atoms with Crippen molar-refractivity contribution < 1.29 is 10.2 Å². The van der Waals surface area contributed by atoms with Gasteiger partial charge in [-0.3, -0.25) is 0 Å². The van der Waals surface area contributed by atoms with E-state index in [1.165, 1.54) is 0 Å².